The van der Waals surface area contributed by atoms with Gasteiger partial charge in [-0.15, -0.1) is 0 Å². The van der Waals surface area contributed by atoms with Gasteiger partial charge in [0.05, 0.1) is 13.4 Å². The zero-order valence-corrected chi connectivity index (χ0v) is 15.0. The van der Waals surface area contributed by atoms with E-state index < -0.39 is 15.6 Å². The normalized spacial score (nSPS) is 11.7. The Labute approximate surface area is 153 Å². The highest BCUT2D eigenvalue weighted by Crippen LogP contribution is 2.21. The monoisotopic (exact) mass is 403 g/mol. The molecule has 0 atom stereocenters. The lowest BCUT2D eigenvalue weighted by atomic mass is 10.1. The van der Waals surface area contributed by atoms with Crippen molar-refractivity contribution < 1.29 is 39.9 Å². The van der Waals surface area contributed by atoms with E-state index in [1.54, 1.807) is 7.11 Å². The maximum Gasteiger partial charge on any atom is 0.485 e. The minimum Gasteiger partial charge on any atom is -0.741 e. The third kappa shape index (κ3) is 5.69. The lowest BCUT2D eigenvalue weighted by Crippen LogP contribution is -2.33. The number of ether oxygens (including phenoxy) is 1. The molecule has 10 heteroatoms. The number of aromatic nitrogens is 1. The maximum atomic E-state index is 10.7. The molecule has 0 bridgehead atoms. The molecule has 0 aliphatic carbocycles. The molecular weight excluding hydrogens is 387 g/mol. The first-order valence-electron chi connectivity index (χ1n) is 7.62. The Morgan fingerprint density at radius 3 is 2.30 bits per heavy atom. The van der Waals surface area contributed by atoms with Gasteiger partial charge in [0.2, 0.25) is 0 Å². The zero-order valence-electron chi connectivity index (χ0n) is 14.1. The second kappa shape index (κ2) is 8.40. The predicted octanol–water partition coefficient (Wildman–Crippen LogP) is 3.02. The van der Waals surface area contributed by atoms with Crippen LogP contribution in [0.2, 0.25) is 0 Å². The first-order chi connectivity index (χ1) is 12.6. The lowest BCUT2D eigenvalue weighted by molar-refractivity contribution is -0.696. The number of furan rings is 1. The molecule has 0 aliphatic rings. The molecule has 0 unspecified atom stereocenters. The van der Waals surface area contributed by atoms with Crippen LogP contribution in [-0.4, -0.2) is 25.6 Å². The Kier molecular flexibility index (Phi) is 6.45. The first-order valence-corrected chi connectivity index (χ1v) is 9.03. The van der Waals surface area contributed by atoms with E-state index in [0.717, 1.165) is 24.3 Å². The van der Waals surface area contributed by atoms with Crippen LogP contribution in [0, 0.1) is 0 Å². The highest BCUT2D eigenvalue weighted by atomic mass is 32.2. The Morgan fingerprint density at radius 2 is 1.74 bits per heavy atom. The van der Waals surface area contributed by atoms with Crippen LogP contribution in [-0.2, 0) is 23.1 Å². The summed E-state index contributed by atoms with van der Waals surface area (Å²) in [6.07, 6.45) is 6.87. The predicted molar refractivity (Wildman–Crippen MR) is 88.9 cm³/mol. The largest absolute Gasteiger partial charge is 0.741 e. The van der Waals surface area contributed by atoms with Crippen LogP contribution in [0.15, 0.2) is 59.5 Å². The van der Waals surface area contributed by atoms with Gasteiger partial charge in [-0.1, -0.05) is 18.2 Å². The van der Waals surface area contributed by atoms with Gasteiger partial charge in [-0.3, -0.25) is 0 Å². The summed E-state index contributed by atoms with van der Waals surface area (Å²) in [6.45, 7) is 0.924. The highest BCUT2D eigenvalue weighted by molar-refractivity contribution is 7.86. The van der Waals surface area contributed by atoms with Gasteiger partial charge in [0.1, 0.15) is 11.3 Å². The molecular formula is C17H16F3NO5S. The number of hydrogen-bond donors (Lipinski definition) is 0. The van der Waals surface area contributed by atoms with Crippen LogP contribution < -0.4 is 9.30 Å². The van der Waals surface area contributed by atoms with Gasteiger partial charge in [-0.05, 0) is 6.07 Å². The van der Waals surface area contributed by atoms with Gasteiger partial charge in [-0.2, -0.15) is 13.2 Å². The molecule has 0 radical (unpaired) electrons. The van der Waals surface area contributed by atoms with Gasteiger partial charge in [-0.25, -0.2) is 13.0 Å². The average Bonchev–Trinajstić information content (AvgIpc) is 3.02. The second-order valence-electron chi connectivity index (χ2n) is 5.38. The Hall–Kier alpha value is -2.59. The number of benzene rings is 1. The molecule has 146 valence electrons. The van der Waals surface area contributed by atoms with Crippen LogP contribution in [0.5, 0.6) is 5.75 Å². The molecule has 27 heavy (non-hydrogen) atoms. The number of aryl methyl sites for hydroxylation is 2. The third-order valence-electron chi connectivity index (χ3n) is 3.58. The molecule has 3 aromatic rings. The van der Waals surface area contributed by atoms with Crippen molar-refractivity contribution in [1.29, 1.82) is 0 Å². The van der Waals surface area contributed by atoms with Crippen molar-refractivity contribution in [2.75, 3.05) is 7.11 Å². The molecule has 0 fully saturated rings. The van der Waals surface area contributed by atoms with Crippen LogP contribution in [0.25, 0.3) is 11.0 Å². The smallest absolute Gasteiger partial charge is 0.485 e. The Morgan fingerprint density at radius 1 is 1.15 bits per heavy atom. The van der Waals surface area contributed by atoms with Crippen molar-refractivity contribution >= 4 is 21.1 Å². The number of halogens is 3. The summed E-state index contributed by atoms with van der Waals surface area (Å²) >= 11 is 0. The van der Waals surface area contributed by atoms with Crippen molar-refractivity contribution in [2.24, 2.45) is 0 Å². The maximum absolute atomic E-state index is 10.7. The van der Waals surface area contributed by atoms with Gasteiger partial charge in [0, 0.05) is 29.5 Å². The number of fused-ring (bicyclic) bond motifs is 1. The molecule has 6 nitrogen and oxygen atoms in total. The van der Waals surface area contributed by atoms with Gasteiger partial charge < -0.3 is 13.7 Å². The van der Waals surface area contributed by atoms with E-state index in [0.29, 0.717) is 0 Å². The Bertz CT molecular complexity index is 982. The van der Waals surface area contributed by atoms with Crippen LogP contribution in [0.4, 0.5) is 13.2 Å². The molecule has 0 N–H and O–H groups in total. The highest BCUT2D eigenvalue weighted by Gasteiger charge is 2.36. The van der Waals surface area contributed by atoms with E-state index in [1.165, 1.54) is 10.9 Å². The minimum atomic E-state index is -6.09. The van der Waals surface area contributed by atoms with Gasteiger partial charge >= 0.3 is 5.51 Å². The van der Waals surface area contributed by atoms with Crippen LogP contribution in [0.3, 0.4) is 0 Å². The molecule has 2 heterocycles. The van der Waals surface area contributed by atoms with Crippen molar-refractivity contribution in [3.8, 4) is 5.75 Å². The van der Waals surface area contributed by atoms with Crippen LogP contribution in [0.1, 0.15) is 5.56 Å². The number of methoxy groups -OCH3 is 1. The molecule has 0 amide bonds. The van der Waals surface area contributed by atoms with Crippen molar-refractivity contribution in [2.45, 2.75) is 18.5 Å². The SMILES string of the molecule is COc1cc[n+](CCc2coc3ccccc23)cc1.O=S(=O)([O-])C(F)(F)F. The van der Waals surface area contributed by atoms with E-state index in [1.807, 2.05) is 49.0 Å². The van der Waals surface area contributed by atoms with E-state index in [-0.39, 0.29) is 0 Å². The summed E-state index contributed by atoms with van der Waals surface area (Å²) in [6, 6.07) is 12.1. The summed E-state index contributed by atoms with van der Waals surface area (Å²) in [5, 5.41) is 1.21. The van der Waals surface area contributed by atoms with Crippen molar-refractivity contribution in [3.05, 3.63) is 60.6 Å². The van der Waals surface area contributed by atoms with Gasteiger partial charge in [0.15, 0.2) is 29.1 Å². The summed E-state index contributed by atoms with van der Waals surface area (Å²) in [7, 11) is -4.41. The molecule has 1 aromatic carbocycles. The van der Waals surface area contributed by atoms with E-state index in [9.17, 15) is 13.2 Å². The van der Waals surface area contributed by atoms with Crippen LogP contribution >= 0.6 is 0 Å². The Balaban J connectivity index is 0.000000279. The molecule has 3 rings (SSSR count). The van der Waals surface area contributed by atoms with E-state index in [4.69, 9.17) is 22.1 Å². The summed E-state index contributed by atoms with van der Waals surface area (Å²) in [4.78, 5) is 0. The standard InChI is InChI=1S/C16H16NO2.CHF3O3S/c1-18-14-7-10-17(11-8-14)9-6-13-12-19-16-5-3-2-4-15(13)16;2-1(3,4)8(5,6)7/h2-5,7-8,10-12H,6,9H2,1H3;(H,5,6,7)/q+1;/p-1. The first kappa shape index (κ1) is 20.7. The summed E-state index contributed by atoms with van der Waals surface area (Å²) in [5.41, 5.74) is -3.44. The van der Waals surface area contributed by atoms with Crippen molar-refractivity contribution in [3.63, 3.8) is 0 Å². The quantitative estimate of drug-likeness (QED) is 0.380. The topological polar surface area (TPSA) is 83.5 Å². The second-order valence-corrected chi connectivity index (χ2v) is 6.75. The summed E-state index contributed by atoms with van der Waals surface area (Å²) in [5.74, 6) is 0.880. The number of pyridine rings is 1. The lowest BCUT2D eigenvalue weighted by Gasteiger charge is -2.08. The number of para-hydroxylation sites is 1. The van der Waals surface area contributed by atoms with Gasteiger partial charge in [0.25, 0.3) is 0 Å². The number of nitrogens with zero attached hydrogens (tertiary/aromatic N) is 1. The molecule has 0 saturated heterocycles. The van der Waals surface area contributed by atoms with Crippen molar-refractivity contribution in [1.82, 2.24) is 0 Å². The van der Waals surface area contributed by atoms with E-state index in [2.05, 4.69) is 10.6 Å². The molecule has 0 saturated carbocycles. The number of hydrogen-bond acceptors (Lipinski definition) is 5. The summed E-state index contributed by atoms with van der Waals surface area (Å²) < 4.78 is 71.7. The number of alkyl halides is 3. The third-order valence-corrected chi connectivity index (χ3v) is 4.15. The fraction of sp³-hybridized carbons (Fsp3) is 0.235. The fourth-order valence-corrected chi connectivity index (χ4v) is 2.20. The van der Waals surface area contributed by atoms with E-state index >= 15 is 0 Å². The average molecular weight is 403 g/mol. The zero-order chi connectivity index (χ0) is 20.1. The molecule has 0 aliphatic heterocycles. The molecule has 0 spiro atoms. The minimum absolute atomic E-state index is 0.880. The molecule has 2 aromatic heterocycles. The number of rotatable bonds is 4. The fourth-order valence-electron chi connectivity index (χ4n) is 2.20.